The summed E-state index contributed by atoms with van der Waals surface area (Å²) in [6.07, 6.45) is 0. The van der Waals surface area contributed by atoms with Crippen LogP contribution in [0, 0.1) is 0 Å². The van der Waals surface area contributed by atoms with Crippen LogP contribution in [0.25, 0.3) is 11.3 Å². The molecule has 0 aliphatic carbocycles. The van der Waals surface area contributed by atoms with Gasteiger partial charge in [-0.05, 0) is 60.7 Å². The molecule has 2 N–H and O–H groups in total. The average molecular weight is 507 g/mol. The zero-order valence-electron chi connectivity index (χ0n) is 17.2. The lowest BCUT2D eigenvalue weighted by Gasteiger charge is -2.11. The summed E-state index contributed by atoms with van der Waals surface area (Å²) in [5.41, 5.74) is 1.09. The van der Waals surface area contributed by atoms with Crippen molar-refractivity contribution in [3.63, 3.8) is 0 Å². The van der Waals surface area contributed by atoms with Crippen molar-refractivity contribution in [3.8, 4) is 11.3 Å². The number of methoxy groups -OCH3 is 2. The first-order valence-electron chi connectivity index (χ1n) is 9.21. The van der Waals surface area contributed by atoms with Crippen molar-refractivity contribution in [2.75, 3.05) is 19.5 Å². The summed E-state index contributed by atoms with van der Waals surface area (Å²) in [4.78, 5) is 36.3. The highest BCUT2D eigenvalue weighted by Gasteiger charge is 2.17. The number of amides is 1. The van der Waals surface area contributed by atoms with E-state index < -0.39 is 17.8 Å². The van der Waals surface area contributed by atoms with Crippen LogP contribution in [0.2, 0.25) is 10.0 Å². The molecule has 1 aromatic heterocycles. The van der Waals surface area contributed by atoms with E-state index in [-0.39, 0.29) is 27.7 Å². The maximum absolute atomic E-state index is 12.5. The maximum atomic E-state index is 12.5. The minimum Gasteiger partial charge on any atom is -0.465 e. The third kappa shape index (κ3) is 5.89. The van der Waals surface area contributed by atoms with Crippen LogP contribution in [0.4, 0.5) is 5.69 Å². The van der Waals surface area contributed by atoms with Crippen LogP contribution in [-0.2, 0) is 9.47 Å². The molecule has 0 aliphatic rings. The third-order valence-electron chi connectivity index (χ3n) is 4.29. The molecule has 0 bridgehead atoms. The van der Waals surface area contributed by atoms with Crippen LogP contribution in [-0.4, -0.2) is 37.2 Å². The van der Waals surface area contributed by atoms with Crippen molar-refractivity contribution in [2.24, 2.45) is 0 Å². The predicted molar refractivity (Wildman–Crippen MR) is 127 cm³/mol. The molecule has 33 heavy (non-hydrogen) atoms. The fraction of sp³-hybridized carbons (Fsp3) is 0.0909. The molecule has 11 heteroatoms. The van der Waals surface area contributed by atoms with E-state index in [1.165, 1.54) is 38.5 Å². The van der Waals surface area contributed by atoms with E-state index in [9.17, 15) is 14.4 Å². The molecule has 1 amide bonds. The first kappa shape index (κ1) is 24.2. The number of ether oxygens (including phenoxy) is 2. The second-order valence-corrected chi connectivity index (χ2v) is 7.71. The predicted octanol–water partition coefficient (Wildman–Crippen LogP) is 4.95. The van der Waals surface area contributed by atoms with Gasteiger partial charge in [0, 0.05) is 11.3 Å². The van der Waals surface area contributed by atoms with Crippen molar-refractivity contribution < 1.29 is 28.3 Å². The molecule has 8 nitrogen and oxygen atoms in total. The Hall–Kier alpha value is -3.40. The maximum Gasteiger partial charge on any atom is 0.337 e. The third-order valence-corrected chi connectivity index (χ3v) is 5.24. The first-order valence-corrected chi connectivity index (χ1v) is 10.4. The number of benzene rings is 2. The van der Waals surface area contributed by atoms with Gasteiger partial charge in [0.1, 0.15) is 5.76 Å². The van der Waals surface area contributed by atoms with Crippen LogP contribution < -0.4 is 10.6 Å². The Morgan fingerprint density at radius 3 is 2.09 bits per heavy atom. The molecule has 0 saturated carbocycles. The zero-order valence-corrected chi connectivity index (χ0v) is 19.6. The Morgan fingerprint density at radius 2 is 1.52 bits per heavy atom. The van der Waals surface area contributed by atoms with Crippen LogP contribution in [0.15, 0.2) is 52.9 Å². The van der Waals surface area contributed by atoms with E-state index in [0.717, 1.165) is 0 Å². The van der Waals surface area contributed by atoms with E-state index in [2.05, 4.69) is 10.6 Å². The standard InChI is InChI=1S/C22H16Cl2N2O6S/c1-30-20(28)12-7-13(21(29)31-2)9-14(8-12)25-22(33)26-19(27)18-6-5-17(32-18)11-3-4-15(23)16(24)10-11/h3-10H,1-2H3,(H2,25,26,27,33). The largest absolute Gasteiger partial charge is 0.465 e. The van der Waals surface area contributed by atoms with Gasteiger partial charge in [0.15, 0.2) is 10.9 Å². The van der Waals surface area contributed by atoms with Crippen molar-refractivity contribution in [1.82, 2.24) is 5.32 Å². The second kappa shape index (κ2) is 10.5. The number of furan rings is 1. The molecule has 3 rings (SSSR count). The summed E-state index contributed by atoms with van der Waals surface area (Å²) >= 11 is 17.1. The minimum absolute atomic E-state index is 0.00113. The minimum atomic E-state index is -0.663. The van der Waals surface area contributed by atoms with Gasteiger partial charge in [-0.2, -0.15) is 0 Å². The van der Waals surface area contributed by atoms with Crippen molar-refractivity contribution in [2.45, 2.75) is 0 Å². The lowest BCUT2D eigenvalue weighted by atomic mass is 10.1. The first-order chi connectivity index (χ1) is 15.7. The Morgan fingerprint density at radius 1 is 0.879 bits per heavy atom. The average Bonchev–Trinajstić information content (AvgIpc) is 3.30. The summed E-state index contributed by atoms with van der Waals surface area (Å²) < 4.78 is 15.0. The smallest absolute Gasteiger partial charge is 0.337 e. The number of hydrogen-bond donors (Lipinski definition) is 2. The van der Waals surface area contributed by atoms with E-state index >= 15 is 0 Å². The normalized spacial score (nSPS) is 10.3. The monoisotopic (exact) mass is 506 g/mol. The molecule has 0 saturated heterocycles. The van der Waals surface area contributed by atoms with Crippen molar-refractivity contribution >= 4 is 64.1 Å². The summed E-state index contributed by atoms with van der Waals surface area (Å²) in [5.74, 6) is -1.53. The topological polar surface area (TPSA) is 107 Å². The van der Waals surface area contributed by atoms with Crippen molar-refractivity contribution in [1.29, 1.82) is 0 Å². The Labute approximate surface area is 203 Å². The summed E-state index contributed by atoms with van der Waals surface area (Å²) in [7, 11) is 2.42. The second-order valence-electron chi connectivity index (χ2n) is 6.48. The van der Waals surface area contributed by atoms with Gasteiger partial charge in [0.25, 0.3) is 5.91 Å². The Kier molecular flexibility index (Phi) is 7.70. The molecule has 0 spiro atoms. The van der Waals surface area contributed by atoms with Gasteiger partial charge in [-0.25, -0.2) is 9.59 Å². The van der Waals surface area contributed by atoms with Crippen LogP contribution in [0.5, 0.6) is 0 Å². The SMILES string of the molecule is COC(=O)c1cc(NC(=S)NC(=O)c2ccc(-c3ccc(Cl)c(Cl)c3)o2)cc(C(=O)OC)c1. The number of hydrogen-bond acceptors (Lipinski definition) is 7. The lowest BCUT2D eigenvalue weighted by molar-refractivity contribution is 0.0599. The van der Waals surface area contributed by atoms with Gasteiger partial charge in [0.2, 0.25) is 0 Å². The lowest BCUT2D eigenvalue weighted by Crippen LogP contribution is -2.34. The number of anilines is 1. The Bertz CT molecular complexity index is 1220. The van der Waals surface area contributed by atoms with E-state index in [1.807, 2.05) is 0 Å². The molecule has 1 heterocycles. The fourth-order valence-electron chi connectivity index (χ4n) is 2.76. The quantitative estimate of drug-likeness (QED) is 0.369. The zero-order chi connectivity index (χ0) is 24.1. The molecule has 0 aliphatic heterocycles. The molecule has 0 unspecified atom stereocenters. The molecule has 0 radical (unpaired) electrons. The van der Waals surface area contributed by atoms with E-state index in [1.54, 1.807) is 24.3 Å². The fourth-order valence-corrected chi connectivity index (χ4v) is 3.27. The highest BCUT2D eigenvalue weighted by molar-refractivity contribution is 7.80. The number of esters is 2. The van der Waals surface area contributed by atoms with Gasteiger partial charge in [-0.15, -0.1) is 0 Å². The molecule has 0 fully saturated rings. The number of carbonyl (C=O) groups excluding carboxylic acids is 3. The highest BCUT2D eigenvalue weighted by atomic mass is 35.5. The van der Waals surface area contributed by atoms with Gasteiger partial charge in [-0.1, -0.05) is 23.2 Å². The number of halogens is 2. The summed E-state index contributed by atoms with van der Waals surface area (Å²) in [5, 5.41) is 5.86. The molecular weight excluding hydrogens is 491 g/mol. The summed E-state index contributed by atoms with van der Waals surface area (Å²) in [6, 6.07) is 12.1. The van der Waals surface area contributed by atoms with Gasteiger partial charge >= 0.3 is 11.9 Å². The van der Waals surface area contributed by atoms with E-state index in [4.69, 9.17) is 49.3 Å². The number of rotatable bonds is 5. The van der Waals surface area contributed by atoms with Crippen molar-refractivity contribution in [3.05, 3.63) is 75.5 Å². The molecule has 0 atom stereocenters. The molecule has 170 valence electrons. The molecule has 2 aromatic carbocycles. The number of carbonyl (C=O) groups is 3. The highest BCUT2D eigenvalue weighted by Crippen LogP contribution is 2.29. The number of nitrogens with one attached hydrogen (secondary N) is 2. The van der Waals surface area contributed by atoms with E-state index in [0.29, 0.717) is 21.4 Å². The molecular formula is C22H16Cl2N2O6S. The van der Waals surface area contributed by atoms with Crippen LogP contribution in [0.3, 0.4) is 0 Å². The molecule has 3 aromatic rings. The Balaban J connectivity index is 1.74. The van der Waals surface area contributed by atoms with Gasteiger partial charge < -0.3 is 19.2 Å². The van der Waals surface area contributed by atoms with Gasteiger partial charge in [-0.3, -0.25) is 10.1 Å². The van der Waals surface area contributed by atoms with Gasteiger partial charge in [0.05, 0.1) is 35.4 Å². The van der Waals surface area contributed by atoms with Crippen LogP contribution in [0.1, 0.15) is 31.3 Å². The van der Waals surface area contributed by atoms with Crippen LogP contribution >= 0.6 is 35.4 Å². The number of thiocarbonyl (C=S) groups is 1. The summed E-state index contributed by atoms with van der Waals surface area (Å²) in [6.45, 7) is 0.